The Hall–Kier alpha value is -1.05. The second kappa shape index (κ2) is 22.0. The predicted octanol–water partition coefficient (Wildman–Crippen LogP) is 7.92. The lowest BCUT2D eigenvalue weighted by Gasteiger charge is -2.04. The molecule has 0 aromatic heterocycles. The Morgan fingerprint density at radius 2 is 1.12 bits per heavy atom. The molecule has 0 aromatic carbocycles. The third kappa shape index (κ3) is 21.0. The highest BCUT2D eigenvalue weighted by molar-refractivity contribution is 5.81. The topological polar surface area (TPSA) is 26.3 Å². The lowest BCUT2D eigenvalue weighted by Crippen LogP contribution is -2.01. The molecule has 0 radical (unpaired) electrons. The van der Waals surface area contributed by atoms with Crippen molar-refractivity contribution in [3.63, 3.8) is 0 Å². The Morgan fingerprint density at radius 3 is 1.58 bits per heavy atom. The molecule has 152 valence electrons. The number of unbranched alkanes of at least 4 members (excludes halogenated alkanes) is 15. The van der Waals surface area contributed by atoms with Gasteiger partial charge in [-0.3, -0.25) is 0 Å². The third-order valence-electron chi connectivity index (χ3n) is 4.80. The Morgan fingerprint density at radius 1 is 0.692 bits per heavy atom. The molecule has 0 N–H and O–H groups in total. The van der Waals surface area contributed by atoms with Crippen molar-refractivity contribution in [3.8, 4) is 0 Å². The highest BCUT2D eigenvalue weighted by Gasteiger charge is 1.96. The van der Waals surface area contributed by atoms with Crippen molar-refractivity contribution in [1.29, 1.82) is 0 Å². The van der Waals surface area contributed by atoms with Crippen molar-refractivity contribution in [2.24, 2.45) is 0 Å². The second-order valence-electron chi connectivity index (χ2n) is 7.37. The van der Waals surface area contributed by atoms with Gasteiger partial charge in [0.05, 0.1) is 6.61 Å². The number of allylic oxidation sites excluding steroid dienone is 2. The Labute approximate surface area is 163 Å². The average molecular weight is 365 g/mol. The fourth-order valence-electron chi connectivity index (χ4n) is 3.12. The third-order valence-corrected chi connectivity index (χ3v) is 4.80. The van der Waals surface area contributed by atoms with Gasteiger partial charge >= 0.3 is 5.97 Å². The maximum Gasteiger partial charge on any atom is 0.330 e. The maximum absolute atomic E-state index is 10.9. The zero-order valence-electron chi connectivity index (χ0n) is 17.5. The molecule has 0 aliphatic carbocycles. The van der Waals surface area contributed by atoms with Crippen LogP contribution in [-0.2, 0) is 9.53 Å². The van der Waals surface area contributed by atoms with Crippen LogP contribution in [0.3, 0.4) is 0 Å². The molecule has 0 atom stereocenters. The van der Waals surface area contributed by atoms with E-state index in [0.717, 1.165) is 6.42 Å². The number of ether oxygens (including phenoxy) is 1. The lowest BCUT2D eigenvalue weighted by molar-refractivity contribution is -0.137. The van der Waals surface area contributed by atoms with Gasteiger partial charge in [0, 0.05) is 6.08 Å². The SMILES string of the molecule is C=CC(=O)OCCCCCCCCCCCCCCCC/C=C/CCC. The fourth-order valence-corrected chi connectivity index (χ4v) is 3.12. The van der Waals surface area contributed by atoms with Crippen LogP contribution in [0.15, 0.2) is 24.8 Å². The van der Waals surface area contributed by atoms with Crippen molar-refractivity contribution in [2.75, 3.05) is 6.61 Å². The van der Waals surface area contributed by atoms with Gasteiger partial charge in [0.25, 0.3) is 0 Å². The molecule has 0 unspecified atom stereocenters. The summed E-state index contributed by atoms with van der Waals surface area (Å²) in [4.78, 5) is 10.9. The monoisotopic (exact) mass is 364 g/mol. The van der Waals surface area contributed by atoms with Crippen LogP contribution in [0.4, 0.5) is 0 Å². The van der Waals surface area contributed by atoms with E-state index < -0.39 is 0 Å². The van der Waals surface area contributed by atoms with E-state index in [1.807, 2.05) is 0 Å². The van der Waals surface area contributed by atoms with Gasteiger partial charge in [-0.05, 0) is 25.7 Å². The number of carbonyl (C=O) groups is 1. The summed E-state index contributed by atoms with van der Waals surface area (Å²) < 4.78 is 4.96. The van der Waals surface area contributed by atoms with Gasteiger partial charge in [0.15, 0.2) is 0 Å². The zero-order valence-corrected chi connectivity index (χ0v) is 17.5. The standard InChI is InChI=1S/C24H44O2/c1-3-5-6-7-8-9-10-11-12-13-14-15-16-17-18-19-20-21-22-23-26-24(25)4-2/h4,6-7H,2-3,5,8-23H2,1H3/b7-6+. The first kappa shape index (κ1) is 24.9. The molecule has 0 aliphatic rings. The van der Waals surface area contributed by atoms with Crippen molar-refractivity contribution in [3.05, 3.63) is 24.8 Å². The van der Waals surface area contributed by atoms with Crippen LogP contribution in [0.5, 0.6) is 0 Å². The minimum Gasteiger partial charge on any atom is -0.463 e. The number of carbonyl (C=O) groups excluding carboxylic acids is 1. The molecule has 0 fully saturated rings. The average Bonchev–Trinajstić information content (AvgIpc) is 2.66. The van der Waals surface area contributed by atoms with Crippen LogP contribution >= 0.6 is 0 Å². The van der Waals surface area contributed by atoms with Crippen LogP contribution in [0.2, 0.25) is 0 Å². The van der Waals surface area contributed by atoms with Crippen molar-refractivity contribution < 1.29 is 9.53 Å². The first-order valence-corrected chi connectivity index (χ1v) is 11.3. The summed E-state index contributed by atoms with van der Waals surface area (Å²) in [5, 5.41) is 0. The molecule has 0 saturated carbocycles. The van der Waals surface area contributed by atoms with E-state index in [4.69, 9.17) is 4.74 Å². The van der Waals surface area contributed by atoms with Gasteiger partial charge < -0.3 is 4.74 Å². The fraction of sp³-hybridized carbons (Fsp3) is 0.792. The first-order valence-electron chi connectivity index (χ1n) is 11.3. The molecule has 0 rings (SSSR count). The zero-order chi connectivity index (χ0) is 19.1. The van der Waals surface area contributed by atoms with Gasteiger partial charge in [-0.25, -0.2) is 4.79 Å². The van der Waals surface area contributed by atoms with E-state index in [0.29, 0.717) is 6.61 Å². The van der Waals surface area contributed by atoms with Crippen LogP contribution in [0, 0.1) is 0 Å². The Kier molecular flexibility index (Phi) is 21.1. The molecule has 0 spiro atoms. The molecule has 0 heterocycles. The minimum atomic E-state index is -0.301. The highest BCUT2D eigenvalue weighted by Crippen LogP contribution is 2.13. The Balaban J connectivity index is 3.05. The van der Waals surface area contributed by atoms with Gasteiger partial charge in [-0.2, -0.15) is 0 Å². The highest BCUT2D eigenvalue weighted by atomic mass is 16.5. The summed E-state index contributed by atoms with van der Waals surface area (Å²) in [6.07, 6.45) is 28.5. The summed E-state index contributed by atoms with van der Waals surface area (Å²) >= 11 is 0. The molecule has 0 aromatic rings. The smallest absolute Gasteiger partial charge is 0.330 e. The van der Waals surface area contributed by atoms with Crippen molar-refractivity contribution in [1.82, 2.24) is 0 Å². The van der Waals surface area contributed by atoms with Crippen LogP contribution in [-0.4, -0.2) is 12.6 Å². The molecular formula is C24H44O2. The molecule has 2 nitrogen and oxygen atoms in total. The van der Waals surface area contributed by atoms with Gasteiger partial charge in [-0.15, -0.1) is 0 Å². The predicted molar refractivity (Wildman–Crippen MR) is 114 cm³/mol. The van der Waals surface area contributed by atoms with E-state index in [-0.39, 0.29) is 5.97 Å². The van der Waals surface area contributed by atoms with Gasteiger partial charge in [0.2, 0.25) is 0 Å². The molecule has 2 heteroatoms. The van der Waals surface area contributed by atoms with E-state index in [2.05, 4.69) is 25.7 Å². The molecule has 0 aliphatic heterocycles. The van der Waals surface area contributed by atoms with Gasteiger partial charge in [0.1, 0.15) is 0 Å². The number of hydrogen-bond donors (Lipinski definition) is 0. The number of rotatable bonds is 20. The molecule has 26 heavy (non-hydrogen) atoms. The van der Waals surface area contributed by atoms with Crippen LogP contribution in [0.25, 0.3) is 0 Å². The van der Waals surface area contributed by atoms with E-state index in [9.17, 15) is 4.79 Å². The molecule has 0 saturated heterocycles. The normalized spacial score (nSPS) is 11.1. The van der Waals surface area contributed by atoms with Crippen LogP contribution < -0.4 is 0 Å². The largest absolute Gasteiger partial charge is 0.463 e. The Bertz CT molecular complexity index is 333. The first-order chi connectivity index (χ1) is 12.8. The van der Waals surface area contributed by atoms with Crippen molar-refractivity contribution >= 4 is 5.97 Å². The number of esters is 1. The summed E-state index contributed by atoms with van der Waals surface area (Å²) in [5.74, 6) is -0.301. The lowest BCUT2D eigenvalue weighted by atomic mass is 10.0. The maximum atomic E-state index is 10.9. The quantitative estimate of drug-likeness (QED) is 0.0948. The van der Waals surface area contributed by atoms with Crippen molar-refractivity contribution in [2.45, 2.75) is 116 Å². The molecular weight excluding hydrogens is 320 g/mol. The number of hydrogen-bond acceptors (Lipinski definition) is 2. The van der Waals surface area contributed by atoms with Gasteiger partial charge in [-0.1, -0.05) is 109 Å². The molecule has 0 bridgehead atoms. The molecule has 0 amide bonds. The summed E-state index contributed by atoms with van der Waals surface area (Å²) in [6.45, 7) is 6.16. The van der Waals surface area contributed by atoms with E-state index in [1.54, 1.807) is 0 Å². The summed E-state index contributed by atoms with van der Waals surface area (Å²) in [7, 11) is 0. The second-order valence-corrected chi connectivity index (χ2v) is 7.37. The summed E-state index contributed by atoms with van der Waals surface area (Å²) in [5.41, 5.74) is 0. The minimum absolute atomic E-state index is 0.301. The van der Waals surface area contributed by atoms with E-state index in [1.165, 1.54) is 109 Å². The summed E-state index contributed by atoms with van der Waals surface area (Å²) in [6, 6.07) is 0. The van der Waals surface area contributed by atoms with E-state index >= 15 is 0 Å². The van der Waals surface area contributed by atoms with Crippen LogP contribution in [0.1, 0.15) is 116 Å².